The monoisotopic (exact) mass is 444 g/mol. The van der Waals surface area contributed by atoms with Crippen molar-refractivity contribution >= 4 is 22.4 Å². The number of benzene rings is 1. The van der Waals surface area contributed by atoms with Crippen molar-refractivity contribution in [3.63, 3.8) is 0 Å². The molecule has 5 rings (SSSR count). The van der Waals surface area contributed by atoms with E-state index in [-0.39, 0.29) is 11.6 Å². The molecule has 3 heterocycles. The summed E-state index contributed by atoms with van der Waals surface area (Å²) in [5.41, 5.74) is 9.25. The lowest BCUT2D eigenvalue weighted by Gasteiger charge is -2.22. The molecular formula is C25H28N6O2. The maximum Gasteiger partial charge on any atom is 0.259 e. The van der Waals surface area contributed by atoms with E-state index in [9.17, 15) is 9.90 Å². The van der Waals surface area contributed by atoms with Gasteiger partial charge in [0.25, 0.3) is 5.56 Å². The number of aliphatic hydroxyl groups excluding tert-OH is 1. The van der Waals surface area contributed by atoms with Crippen LogP contribution in [0.25, 0.3) is 10.8 Å². The summed E-state index contributed by atoms with van der Waals surface area (Å²) in [5, 5.41) is 19.3. The molecule has 4 N–H and O–H groups in total. The van der Waals surface area contributed by atoms with Gasteiger partial charge in [0, 0.05) is 11.7 Å². The number of nitrogens with zero attached hydrogens (tertiary/aromatic N) is 4. The van der Waals surface area contributed by atoms with Gasteiger partial charge in [-0.05, 0) is 49.6 Å². The SMILES string of the molecule is Cc1cccc2cc(Cn3nc(C#C[C@@H](C)O)c4c3NCN=C4N)n(C3CCCC3)c(=O)c12. The van der Waals surface area contributed by atoms with E-state index in [0.29, 0.717) is 30.3 Å². The first-order valence-electron chi connectivity index (χ1n) is 11.4. The predicted molar refractivity (Wildman–Crippen MR) is 130 cm³/mol. The summed E-state index contributed by atoms with van der Waals surface area (Å²) in [6, 6.07) is 8.27. The Morgan fingerprint density at radius 3 is 2.88 bits per heavy atom. The van der Waals surface area contributed by atoms with E-state index in [1.165, 1.54) is 0 Å². The molecule has 0 spiro atoms. The molecular weight excluding hydrogens is 416 g/mol. The van der Waals surface area contributed by atoms with E-state index >= 15 is 0 Å². The fourth-order valence-corrected chi connectivity index (χ4v) is 4.98. The highest BCUT2D eigenvalue weighted by Gasteiger charge is 2.26. The minimum Gasteiger partial charge on any atom is -0.383 e. The third-order valence-electron chi connectivity index (χ3n) is 6.47. The molecule has 1 fully saturated rings. The summed E-state index contributed by atoms with van der Waals surface area (Å²) in [6.45, 7) is 4.34. The molecule has 2 aromatic heterocycles. The average molecular weight is 445 g/mol. The number of nitrogens with two attached hydrogens (primary N) is 1. The highest BCUT2D eigenvalue weighted by Crippen LogP contribution is 2.32. The third kappa shape index (κ3) is 3.79. The number of fused-ring (bicyclic) bond motifs is 2. The number of hydrogen-bond acceptors (Lipinski definition) is 6. The Morgan fingerprint density at radius 1 is 1.33 bits per heavy atom. The molecule has 1 saturated carbocycles. The van der Waals surface area contributed by atoms with Crippen LogP contribution in [0.2, 0.25) is 0 Å². The van der Waals surface area contributed by atoms with Gasteiger partial charge in [0.15, 0.2) is 0 Å². The van der Waals surface area contributed by atoms with E-state index in [4.69, 9.17) is 10.8 Å². The van der Waals surface area contributed by atoms with Gasteiger partial charge in [-0.2, -0.15) is 5.10 Å². The molecule has 33 heavy (non-hydrogen) atoms. The average Bonchev–Trinajstić information content (AvgIpc) is 3.41. The number of aliphatic hydroxyl groups is 1. The zero-order valence-corrected chi connectivity index (χ0v) is 18.9. The van der Waals surface area contributed by atoms with Crippen LogP contribution >= 0.6 is 0 Å². The van der Waals surface area contributed by atoms with Gasteiger partial charge in [-0.15, -0.1) is 0 Å². The second-order valence-corrected chi connectivity index (χ2v) is 8.84. The second kappa shape index (κ2) is 8.41. The first kappa shape index (κ1) is 21.3. The summed E-state index contributed by atoms with van der Waals surface area (Å²) in [6.07, 6.45) is 3.49. The molecule has 3 aromatic rings. The van der Waals surface area contributed by atoms with Crippen molar-refractivity contribution < 1.29 is 5.11 Å². The van der Waals surface area contributed by atoms with Crippen LogP contribution in [0.15, 0.2) is 34.1 Å². The molecule has 1 aromatic carbocycles. The van der Waals surface area contributed by atoms with Gasteiger partial charge in [-0.1, -0.05) is 37.0 Å². The molecule has 1 atom stereocenters. The number of aliphatic imine (C=N–C) groups is 1. The largest absolute Gasteiger partial charge is 0.383 e. The molecule has 170 valence electrons. The third-order valence-corrected chi connectivity index (χ3v) is 6.47. The van der Waals surface area contributed by atoms with E-state index in [1.807, 2.05) is 34.4 Å². The van der Waals surface area contributed by atoms with E-state index in [1.54, 1.807) is 6.92 Å². The lowest BCUT2D eigenvalue weighted by molar-refractivity contribution is 0.253. The van der Waals surface area contributed by atoms with Gasteiger partial charge in [0.1, 0.15) is 30.1 Å². The van der Waals surface area contributed by atoms with Crippen molar-refractivity contribution in [2.24, 2.45) is 10.7 Å². The lowest BCUT2D eigenvalue weighted by atomic mass is 10.0. The number of aromatic nitrogens is 3. The molecule has 0 saturated heterocycles. The van der Waals surface area contributed by atoms with Crippen LogP contribution < -0.4 is 16.6 Å². The van der Waals surface area contributed by atoms with E-state index in [0.717, 1.165) is 53.5 Å². The van der Waals surface area contributed by atoms with Crippen LogP contribution in [0.5, 0.6) is 0 Å². The minimum atomic E-state index is -0.781. The van der Waals surface area contributed by atoms with Crippen LogP contribution in [0.4, 0.5) is 5.82 Å². The van der Waals surface area contributed by atoms with E-state index < -0.39 is 6.10 Å². The first-order valence-corrected chi connectivity index (χ1v) is 11.4. The molecule has 1 aliphatic heterocycles. The summed E-state index contributed by atoms with van der Waals surface area (Å²) in [4.78, 5) is 18.0. The zero-order valence-electron chi connectivity index (χ0n) is 18.9. The highest BCUT2D eigenvalue weighted by molar-refractivity contribution is 6.04. The minimum absolute atomic E-state index is 0.0664. The molecule has 8 heteroatoms. The summed E-state index contributed by atoms with van der Waals surface area (Å²) < 4.78 is 3.79. The van der Waals surface area contributed by atoms with Crippen molar-refractivity contribution in [3.05, 3.63) is 57.1 Å². The molecule has 2 aliphatic rings. The van der Waals surface area contributed by atoms with Gasteiger partial charge in [0.2, 0.25) is 0 Å². The highest BCUT2D eigenvalue weighted by atomic mass is 16.3. The Labute approximate surface area is 192 Å². The van der Waals surface area contributed by atoms with Gasteiger partial charge >= 0.3 is 0 Å². The van der Waals surface area contributed by atoms with Crippen LogP contribution in [-0.2, 0) is 6.54 Å². The van der Waals surface area contributed by atoms with Crippen molar-refractivity contribution in [1.82, 2.24) is 14.3 Å². The van der Waals surface area contributed by atoms with Gasteiger partial charge in [0.05, 0.1) is 17.5 Å². The van der Waals surface area contributed by atoms with Crippen LogP contribution in [-0.4, -0.2) is 38.1 Å². The van der Waals surface area contributed by atoms with Gasteiger partial charge in [-0.25, -0.2) is 9.67 Å². The van der Waals surface area contributed by atoms with Crippen molar-refractivity contribution in [2.45, 2.75) is 58.2 Å². The molecule has 1 aliphatic carbocycles. The summed E-state index contributed by atoms with van der Waals surface area (Å²) >= 11 is 0. The normalized spacial score (nSPS) is 16.6. The van der Waals surface area contributed by atoms with Crippen LogP contribution in [0, 0.1) is 18.8 Å². The fourth-order valence-electron chi connectivity index (χ4n) is 4.98. The Morgan fingerprint density at radius 2 is 2.12 bits per heavy atom. The Hall–Kier alpha value is -3.57. The Bertz CT molecular complexity index is 1380. The van der Waals surface area contributed by atoms with E-state index in [2.05, 4.69) is 28.2 Å². The molecule has 0 amide bonds. The number of nitrogens with one attached hydrogen (secondary N) is 1. The fraction of sp³-hybridized carbons (Fsp3) is 0.400. The molecule has 0 unspecified atom stereocenters. The van der Waals surface area contributed by atoms with Crippen molar-refractivity contribution in [2.75, 3.05) is 12.0 Å². The standard InChI is InChI=1S/C25H28N6O2/c1-15-6-5-7-17-12-19(31(25(33)21(15)17)18-8-3-4-9-18)13-30-24-22(23(26)27-14-28-24)20(29-30)11-10-16(2)32/h5-7,12,16,18,28,32H,3-4,8-9,13-14H2,1-2H3,(H2,26,27)/t16-/m1/s1. The first-order chi connectivity index (χ1) is 15.9. The number of pyridine rings is 1. The molecule has 8 nitrogen and oxygen atoms in total. The predicted octanol–water partition coefficient (Wildman–Crippen LogP) is 2.49. The van der Waals surface area contributed by atoms with Gasteiger partial charge in [-0.3, -0.25) is 4.79 Å². The number of aryl methyl sites for hydroxylation is 1. The topological polar surface area (TPSA) is 110 Å². The summed E-state index contributed by atoms with van der Waals surface area (Å²) in [5.74, 6) is 6.76. The number of anilines is 1. The Kier molecular flexibility index (Phi) is 5.43. The quantitative estimate of drug-likeness (QED) is 0.538. The maximum absolute atomic E-state index is 13.7. The molecule has 0 radical (unpaired) electrons. The number of hydrogen-bond donors (Lipinski definition) is 3. The number of amidine groups is 1. The maximum atomic E-state index is 13.7. The summed E-state index contributed by atoms with van der Waals surface area (Å²) in [7, 11) is 0. The van der Waals surface area contributed by atoms with Crippen molar-refractivity contribution in [3.8, 4) is 11.8 Å². The molecule has 0 bridgehead atoms. The van der Waals surface area contributed by atoms with Crippen LogP contribution in [0.3, 0.4) is 0 Å². The zero-order chi connectivity index (χ0) is 23.1. The second-order valence-electron chi connectivity index (χ2n) is 8.84. The number of rotatable bonds is 3. The Balaban J connectivity index is 1.68. The lowest BCUT2D eigenvalue weighted by Crippen LogP contribution is -2.29. The van der Waals surface area contributed by atoms with Gasteiger partial charge < -0.3 is 20.7 Å². The van der Waals surface area contributed by atoms with Crippen LogP contribution in [0.1, 0.15) is 61.2 Å². The van der Waals surface area contributed by atoms with Crippen molar-refractivity contribution in [1.29, 1.82) is 0 Å². The smallest absolute Gasteiger partial charge is 0.259 e.